The molecular formula is C50H69N5O13. The molecule has 5 saturated heterocycles. The molecule has 18 nitrogen and oxygen atoms in total. The molecule has 0 aromatic heterocycles. The summed E-state index contributed by atoms with van der Waals surface area (Å²) < 4.78 is 15.2. The first-order valence-corrected chi connectivity index (χ1v) is 23.4. The van der Waals surface area contributed by atoms with Crippen molar-refractivity contribution in [3.05, 3.63) is 71.8 Å². The summed E-state index contributed by atoms with van der Waals surface area (Å²) in [4.78, 5) is 120. The van der Waals surface area contributed by atoms with Gasteiger partial charge in [-0.15, -0.1) is 0 Å². The van der Waals surface area contributed by atoms with Crippen LogP contribution in [0.1, 0.15) is 115 Å². The fraction of sp³-hybridized carbons (Fsp3) is 0.560. The van der Waals surface area contributed by atoms with Crippen molar-refractivity contribution >= 4 is 59.0 Å². The van der Waals surface area contributed by atoms with Gasteiger partial charge in [-0.05, 0) is 45.4 Å². The summed E-state index contributed by atoms with van der Waals surface area (Å²) in [5.74, 6) is 1.32. The average molecular weight is 948 g/mol. The number of piperidine rings is 5. The Balaban J connectivity index is 0.000000228. The third-order valence-corrected chi connectivity index (χ3v) is 11.0. The van der Waals surface area contributed by atoms with Gasteiger partial charge >= 0.3 is 18.3 Å². The van der Waals surface area contributed by atoms with Crippen molar-refractivity contribution in [3.8, 4) is 0 Å². The normalized spacial score (nSPS) is 17.3. The minimum absolute atomic E-state index is 0.0306. The molecule has 0 radical (unpaired) electrons. The maximum Gasteiger partial charge on any atom is 0.410 e. The van der Waals surface area contributed by atoms with Crippen molar-refractivity contribution in [2.24, 2.45) is 0 Å². The van der Waals surface area contributed by atoms with Gasteiger partial charge in [-0.3, -0.25) is 33.6 Å². The smallest absolute Gasteiger partial charge is 0.410 e. The van der Waals surface area contributed by atoms with Gasteiger partial charge < -0.3 is 38.7 Å². The van der Waals surface area contributed by atoms with E-state index in [-0.39, 0.29) is 65.6 Å². The van der Waals surface area contributed by atoms with Crippen LogP contribution in [-0.2, 0) is 49.6 Å². The fourth-order valence-electron chi connectivity index (χ4n) is 6.96. The van der Waals surface area contributed by atoms with E-state index in [0.717, 1.165) is 5.56 Å². The Hall–Kier alpha value is -6.46. The van der Waals surface area contributed by atoms with Gasteiger partial charge in [-0.2, -0.15) is 0 Å². The number of carbonyl (C=O) groups is 10. The number of amides is 5. The van der Waals surface area contributed by atoms with Gasteiger partial charge in [-0.25, -0.2) is 14.4 Å². The van der Waals surface area contributed by atoms with E-state index in [1.165, 1.54) is 6.92 Å². The Bertz CT molecular complexity index is 1970. The molecule has 0 atom stereocenters. The number of ether oxygens (including phenoxy) is 3. The van der Waals surface area contributed by atoms with Crippen molar-refractivity contribution in [1.29, 1.82) is 0 Å². The third kappa shape index (κ3) is 21.9. The van der Waals surface area contributed by atoms with Crippen LogP contribution in [0.5, 0.6) is 0 Å². The van der Waals surface area contributed by atoms with Crippen LogP contribution in [0.25, 0.3) is 0 Å². The summed E-state index contributed by atoms with van der Waals surface area (Å²) in [7, 11) is 0. The van der Waals surface area contributed by atoms with Crippen molar-refractivity contribution in [2.75, 3.05) is 72.1 Å². The lowest BCUT2D eigenvalue weighted by Gasteiger charge is -2.29. The van der Waals surface area contributed by atoms with Crippen molar-refractivity contribution in [3.63, 3.8) is 0 Å². The van der Waals surface area contributed by atoms with Crippen molar-refractivity contribution in [2.45, 2.75) is 111 Å². The summed E-state index contributed by atoms with van der Waals surface area (Å²) in [6.07, 6.45) is 3.88. The van der Waals surface area contributed by atoms with Gasteiger partial charge in [0.1, 0.15) is 41.1 Å². The zero-order chi connectivity index (χ0) is 50.1. The number of ketones is 5. The molecule has 5 aliphatic rings. The maximum absolute atomic E-state index is 11.9. The molecule has 68 heavy (non-hydrogen) atoms. The lowest BCUT2D eigenvalue weighted by molar-refractivity contribution is -0.132. The van der Waals surface area contributed by atoms with E-state index in [1.807, 2.05) is 69.3 Å². The fourth-order valence-corrected chi connectivity index (χ4v) is 6.96. The minimum Gasteiger partial charge on any atom is -0.450 e. The van der Waals surface area contributed by atoms with Crippen LogP contribution in [0.4, 0.5) is 14.4 Å². The van der Waals surface area contributed by atoms with E-state index in [4.69, 9.17) is 14.2 Å². The quantitative estimate of drug-likeness (QED) is 0.319. The molecule has 372 valence electrons. The number of hydrogen-bond acceptors (Lipinski definition) is 13. The zero-order valence-electron chi connectivity index (χ0n) is 40.4. The van der Waals surface area contributed by atoms with Gasteiger partial charge in [0.05, 0.1) is 6.61 Å². The summed E-state index contributed by atoms with van der Waals surface area (Å²) in [6.45, 7) is 14.8. The third-order valence-electron chi connectivity index (χ3n) is 11.0. The van der Waals surface area contributed by atoms with Crippen LogP contribution in [0.15, 0.2) is 60.7 Å². The van der Waals surface area contributed by atoms with Crippen LogP contribution in [0.3, 0.4) is 0 Å². The highest BCUT2D eigenvalue weighted by molar-refractivity contribution is 5.95. The van der Waals surface area contributed by atoms with Gasteiger partial charge in [0.25, 0.3) is 5.91 Å². The highest BCUT2D eigenvalue weighted by Gasteiger charge is 2.26. The first kappa shape index (κ1) is 55.9. The first-order valence-electron chi connectivity index (χ1n) is 23.4. The molecule has 2 aromatic rings. The standard InChI is InChI=1S/C13H15NO3.C12H13NO2.C10H17NO3.C8H13NO3.C7H11NO2/c15-12-6-8-14(9-7-12)13(16)17-10-11-4-2-1-3-5-11;14-11-6-8-13(9-7-11)12(15)10-4-2-1-3-5-10;1-10(2,3)14-9(13)11-6-4-8(12)5-7-11;1-2-12-8(11)9-5-3-7(10)4-6-9;1-6(9)8-4-2-7(10)3-5-8/h1-5H,6-10H2;1-5H,6-9H2;4-7H2,1-3H3;2-6H2,1H3;2-5H2,1H3. The minimum atomic E-state index is -0.460. The molecule has 0 N–H and O–H groups in total. The van der Waals surface area contributed by atoms with E-state index >= 15 is 0 Å². The van der Waals surface area contributed by atoms with Crippen LogP contribution in [-0.4, -0.2) is 161 Å². The van der Waals surface area contributed by atoms with Gasteiger partial charge in [0.15, 0.2) is 0 Å². The Morgan fingerprint density at radius 3 is 1.13 bits per heavy atom. The summed E-state index contributed by atoms with van der Waals surface area (Å²) in [5, 5.41) is 0. The predicted octanol–water partition coefficient (Wildman–Crippen LogP) is 6.07. The van der Waals surface area contributed by atoms with E-state index in [2.05, 4.69) is 0 Å². The van der Waals surface area contributed by atoms with Crippen LogP contribution in [0, 0.1) is 0 Å². The maximum atomic E-state index is 11.9. The Morgan fingerprint density at radius 1 is 0.456 bits per heavy atom. The second kappa shape index (κ2) is 29.3. The molecule has 0 aliphatic carbocycles. The molecule has 0 bridgehead atoms. The molecule has 0 unspecified atom stereocenters. The lowest BCUT2D eigenvalue weighted by atomic mass is 10.1. The Kier molecular flexibility index (Phi) is 24.1. The first-order chi connectivity index (χ1) is 32.3. The molecule has 0 spiro atoms. The average Bonchev–Trinajstić information content (AvgIpc) is 3.32. The highest BCUT2D eigenvalue weighted by Crippen LogP contribution is 2.15. The van der Waals surface area contributed by atoms with Crippen LogP contribution >= 0.6 is 0 Å². The molecule has 18 heteroatoms. The number of carbonyl (C=O) groups excluding carboxylic acids is 10. The number of benzene rings is 2. The van der Waals surface area contributed by atoms with Crippen LogP contribution in [0.2, 0.25) is 0 Å². The number of hydrogen-bond donors (Lipinski definition) is 0. The number of Topliss-reactive ketones (excluding diaryl/α,β-unsaturated/α-hetero) is 5. The topological polar surface area (TPSA) is 215 Å². The number of rotatable bonds is 4. The zero-order valence-corrected chi connectivity index (χ0v) is 40.4. The highest BCUT2D eigenvalue weighted by atomic mass is 16.6. The monoisotopic (exact) mass is 947 g/mol. The second-order valence-corrected chi connectivity index (χ2v) is 17.5. The summed E-state index contributed by atoms with van der Waals surface area (Å²) in [6, 6.07) is 18.7. The van der Waals surface area contributed by atoms with Gasteiger partial charge in [0, 0.05) is 142 Å². The lowest BCUT2D eigenvalue weighted by Crippen LogP contribution is -2.41. The van der Waals surface area contributed by atoms with Crippen LogP contribution < -0.4 is 0 Å². The second-order valence-electron chi connectivity index (χ2n) is 17.5. The molecule has 2 aromatic carbocycles. The molecule has 5 fully saturated rings. The van der Waals surface area contributed by atoms with Crippen molar-refractivity contribution < 1.29 is 62.2 Å². The summed E-state index contributed by atoms with van der Waals surface area (Å²) in [5.41, 5.74) is 1.21. The molecule has 5 heterocycles. The van der Waals surface area contributed by atoms with Crippen molar-refractivity contribution in [1.82, 2.24) is 24.5 Å². The molecular weight excluding hydrogens is 879 g/mol. The molecule has 7 rings (SSSR count). The number of likely N-dealkylation sites (tertiary alicyclic amines) is 5. The van der Waals surface area contributed by atoms with Gasteiger partial charge in [0.2, 0.25) is 5.91 Å². The molecule has 5 aliphatic heterocycles. The SMILES string of the molecule is CC(=O)N1CCC(=O)CC1.CC(C)(C)OC(=O)N1CCC(=O)CC1.CCOC(=O)N1CCC(=O)CC1.O=C1CCN(C(=O)OCc2ccccc2)CC1.O=C1CCN(C(=O)c2ccccc2)CC1. The Morgan fingerprint density at radius 2 is 0.779 bits per heavy atom. The van der Waals surface area contributed by atoms with E-state index in [1.54, 1.807) is 43.6 Å². The van der Waals surface area contributed by atoms with E-state index in [0.29, 0.717) is 142 Å². The molecule has 5 amide bonds. The molecule has 0 saturated carbocycles. The largest absolute Gasteiger partial charge is 0.450 e. The Labute approximate surface area is 399 Å². The van der Waals surface area contributed by atoms with E-state index < -0.39 is 5.60 Å². The van der Waals surface area contributed by atoms with E-state index in [9.17, 15) is 47.9 Å². The predicted molar refractivity (Wildman–Crippen MR) is 250 cm³/mol. The number of nitrogens with zero attached hydrogens (tertiary/aromatic N) is 5. The van der Waals surface area contributed by atoms with Gasteiger partial charge in [-0.1, -0.05) is 48.5 Å². The summed E-state index contributed by atoms with van der Waals surface area (Å²) >= 11 is 0.